The van der Waals surface area contributed by atoms with E-state index in [2.05, 4.69) is 10.0 Å². The first-order valence-corrected chi connectivity index (χ1v) is 13.8. The van der Waals surface area contributed by atoms with E-state index in [0.717, 1.165) is 18.2 Å². The van der Waals surface area contributed by atoms with Crippen LogP contribution in [0, 0.1) is 6.92 Å². The highest BCUT2D eigenvalue weighted by Gasteiger charge is 2.26. The van der Waals surface area contributed by atoms with E-state index in [0.29, 0.717) is 17.1 Å². The van der Waals surface area contributed by atoms with Crippen molar-refractivity contribution in [3.63, 3.8) is 0 Å². The van der Waals surface area contributed by atoms with Crippen LogP contribution in [0.5, 0.6) is 11.5 Å². The lowest BCUT2D eigenvalue weighted by Gasteiger charge is -2.14. The Balaban J connectivity index is 1.50. The first-order chi connectivity index (χ1) is 19.4. The first kappa shape index (κ1) is 29.0. The molecule has 1 heterocycles. The Morgan fingerprint density at radius 2 is 1.66 bits per heavy atom. The molecule has 0 saturated carbocycles. The number of anilines is 2. The zero-order valence-corrected chi connectivity index (χ0v) is 23.4. The molecule has 3 aromatic carbocycles. The molecule has 214 valence electrons. The highest BCUT2D eigenvalue weighted by Crippen LogP contribution is 2.25. The molecule has 12 nitrogen and oxygen atoms in total. The molecule has 1 aromatic heterocycles. The average Bonchev–Trinajstić information content (AvgIpc) is 3.16. The Labute approximate surface area is 235 Å². The maximum Gasteiger partial charge on any atom is 0.342 e. The molecule has 13 heteroatoms. The SMILES string of the molecule is COc1ccc(NS(=O)(=O)c2ccc(O)c(C(=O)OC(C)C(=O)Nc3c(C)n(C)n(-c4ccccc4)c3=O)c2)cc1. The maximum absolute atomic E-state index is 13.1. The largest absolute Gasteiger partial charge is 0.507 e. The standard InChI is InChI=1S/C28H28N4O8S/c1-17-25(27(35)32(31(17)3)20-8-6-5-7-9-20)29-26(34)18(2)40-28(36)23-16-22(14-15-24(23)33)41(37,38)30-19-10-12-21(39-4)13-11-19/h5-16,18,30,33H,1-4H3,(H,29,34). The molecule has 0 radical (unpaired) electrons. The number of phenolic OH excluding ortho intramolecular Hbond substituents is 1. The molecule has 1 unspecified atom stereocenters. The quantitative estimate of drug-likeness (QED) is 0.255. The summed E-state index contributed by atoms with van der Waals surface area (Å²) < 4.78 is 41.4. The van der Waals surface area contributed by atoms with E-state index in [1.54, 1.807) is 55.1 Å². The minimum atomic E-state index is -4.15. The number of phenols is 1. The summed E-state index contributed by atoms with van der Waals surface area (Å²) in [5, 5.41) is 12.7. The van der Waals surface area contributed by atoms with Gasteiger partial charge in [0.15, 0.2) is 6.10 Å². The van der Waals surface area contributed by atoms with Crippen molar-refractivity contribution in [3.8, 4) is 17.2 Å². The summed E-state index contributed by atoms with van der Waals surface area (Å²) in [5.74, 6) is -1.95. The zero-order valence-electron chi connectivity index (χ0n) is 22.6. The molecule has 4 aromatic rings. The number of aromatic hydroxyl groups is 1. The number of nitrogens with one attached hydrogen (secondary N) is 2. The van der Waals surface area contributed by atoms with Crippen LogP contribution in [0.2, 0.25) is 0 Å². The number of sulfonamides is 1. The van der Waals surface area contributed by atoms with Gasteiger partial charge in [0.2, 0.25) is 0 Å². The van der Waals surface area contributed by atoms with Gasteiger partial charge in [-0.3, -0.25) is 19.0 Å². The number of para-hydroxylation sites is 1. The van der Waals surface area contributed by atoms with Gasteiger partial charge in [-0.15, -0.1) is 0 Å². The van der Waals surface area contributed by atoms with E-state index in [4.69, 9.17) is 9.47 Å². The summed E-state index contributed by atoms with van der Waals surface area (Å²) >= 11 is 0. The molecule has 0 aliphatic heterocycles. The fourth-order valence-corrected chi connectivity index (χ4v) is 5.02. The van der Waals surface area contributed by atoms with Crippen molar-refractivity contribution in [2.24, 2.45) is 7.05 Å². The van der Waals surface area contributed by atoms with Crippen LogP contribution in [0.3, 0.4) is 0 Å². The topological polar surface area (TPSA) is 158 Å². The van der Waals surface area contributed by atoms with Crippen LogP contribution in [-0.4, -0.2) is 48.0 Å². The number of amides is 1. The van der Waals surface area contributed by atoms with Crippen LogP contribution in [0.4, 0.5) is 11.4 Å². The second kappa shape index (κ2) is 11.6. The van der Waals surface area contributed by atoms with Crippen LogP contribution < -0.4 is 20.3 Å². The number of methoxy groups -OCH3 is 1. The third kappa shape index (κ3) is 6.09. The van der Waals surface area contributed by atoms with Crippen molar-refractivity contribution < 1.29 is 32.6 Å². The number of nitrogens with zero attached hydrogens (tertiary/aromatic N) is 2. The number of carbonyl (C=O) groups excluding carboxylic acids is 2. The lowest BCUT2D eigenvalue weighted by Crippen LogP contribution is -2.32. The van der Waals surface area contributed by atoms with Gasteiger partial charge in [-0.25, -0.2) is 17.9 Å². The van der Waals surface area contributed by atoms with E-state index < -0.39 is 44.9 Å². The zero-order chi connectivity index (χ0) is 29.9. The molecule has 0 fully saturated rings. The Morgan fingerprint density at radius 3 is 2.29 bits per heavy atom. The number of hydrogen-bond acceptors (Lipinski definition) is 8. The second-order valence-corrected chi connectivity index (χ2v) is 10.7. The highest BCUT2D eigenvalue weighted by atomic mass is 32.2. The van der Waals surface area contributed by atoms with E-state index >= 15 is 0 Å². The van der Waals surface area contributed by atoms with Crippen molar-refractivity contribution >= 4 is 33.3 Å². The van der Waals surface area contributed by atoms with Crippen LogP contribution in [0.25, 0.3) is 5.69 Å². The summed E-state index contributed by atoms with van der Waals surface area (Å²) in [6, 6.07) is 18.0. The molecule has 0 saturated heterocycles. The summed E-state index contributed by atoms with van der Waals surface area (Å²) in [4.78, 5) is 38.5. The van der Waals surface area contributed by atoms with Gasteiger partial charge in [-0.2, -0.15) is 0 Å². The normalized spacial score (nSPS) is 11.9. The Kier molecular flexibility index (Phi) is 8.19. The molecule has 1 amide bonds. The van der Waals surface area contributed by atoms with E-state index in [-0.39, 0.29) is 16.3 Å². The van der Waals surface area contributed by atoms with Crippen molar-refractivity contribution in [1.29, 1.82) is 0 Å². The average molecular weight is 581 g/mol. The summed E-state index contributed by atoms with van der Waals surface area (Å²) in [6.45, 7) is 2.93. The first-order valence-electron chi connectivity index (χ1n) is 12.3. The number of carbonyl (C=O) groups is 2. The number of hydrogen-bond donors (Lipinski definition) is 3. The van der Waals surface area contributed by atoms with Crippen LogP contribution in [0.15, 0.2) is 82.5 Å². The highest BCUT2D eigenvalue weighted by molar-refractivity contribution is 7.92. The lowest BCUT2D eigenvalue weighted by atomic mass is 10.2. The molecule has 41 heavy (non-hydrogen) atoms. The summed E-state index contributed by atoms with van der Waals surface area (Å²) in [6.07, 6.45) is -1.40. The van der Waals surface area contributed by atoms with Gasteiger partial charge in [0.05, 0.1) is 23.4 Å². The Bertz CT molecular complexity index is 1760. The molecule has 0 aliphatic carbocycles. The van der Waals surface area contributed by atoms with Gasteiger partial charge in [0.1, 0.15) is 22.7 Å². The van der Waals surface area contributed by atoms with Crippen LogP contribution in [0.1, 0.15) is 23.0 Å². The number of ether oxygens (including phenoxy) is 2. The summed E-state index contributed by atoms with van der Waals surface area (Å²) in [5.41, 5.74) is 0.355. The third-order valence-electron chi connectivity index (χ3n) is 6.30. The fourth-order valence-electron chi connectivity index (χ4n) is 3.93. The van der Waals surface area contributed by atoms with Crippen LogP contribution in [-0.2, 0) is 26.6 Å². The fraction of sp³-hybridized carbons (Fsp3) is 0.179. The van der Waals surface area contributed by atoms with Gasteiger partial charge >= 0.3 is 5.97 Å². The van der Waals surface area contributed by atoms with Gasteiger partial charge in [-0.05, 0) is 68.4 Å². The summed E-state index contributed by atoms with van der Waals surface area (Å²) in [7, 11) is -1.01. The van der Waals surface area contributed by atoms with E-state index in [1.165, 1.54) is 30.8 Å². The third-order valence-corrected chi connectivity index (χ3v) is 7.67. The molecule has 0 aliphatic rings. The number of aromatic nitrogens is 2. The van der Waals surface area contributed by atoms with E-state index in [1.807, 2.05) is 6.07 Å². The monoisotopic (exact) mass is 580 g/mol. The minimum absolute atomic E-state index is 0.00444. The van der Waals surface area contributed by atoms with Gasteiger partial charge < -0.3 is 19.9 Å². The molecule has 0 spiro atoms. The maximum atomic E-state index is 13.1. The molecular weight excluding hydrogens is 552 g/mol. The predicted molar refractivity (Wildman–Crippen MR) is 151 cm³/mol. The number of esters is 1. The van der Waals surface area contributed by atoms with Crippen molar-refractivity contribution in [2.45, 2.75) is 24.8 Å². The minimum Gasteiger partial charge on any atom is -0.507 e. The number of benzene rings is 3. The van der Waals surface area contributed by atoms with Gasteiger partial charge in [0, 0.05) is 12.7 Å². The smallest absolute Gasteiger partial charge is 0.342 e. The van der Waals surface area contributed by atoms with Crippen molar-refractivity contribution in [1.82, 2.24) is 9.36 Å². The van der Waals surface area contributed by atoms with Crippen molar-refractivity contribution in [2.75, 3.05) is 17.1 Å². The van der Waals surface area contributed by atoms with Crippen LogP contribution >= 0.6 is 0 Å². The van der Waals surface area contributed by atoms with Crippen molar-refractivity contribution in [3.05, 3.63) is 94.4 Å². The Morgan fingerprint density at radius 1 is 1.00 bits per heavy atom. The second-order valence-electron chi connectivity index (χ2n) is 8.99. The Hall–Kier alpha value is -5.04. The lowest BCUT2D eigenvalue weighted by molar-refractivity contribution is -0.123. The number of rotatable bonds is 9. The molecular formula is C28H28N4O8S. The predicted octanol–water partition coefficient (Wildman–Crippen LogP) is 3.18. The molecule has 3 N–H and O–H groups in total. The van der Waals surface area contributed by atoms with E-state index in [9.17, 15) is 27.9 Å². The van der Waals surface area contributed by atoms with Gasteiger partial charge in [-0.1, -0.05) is 18.2 Å². The molecule has 1 atom stereocenters. The molecule has 0 bridgehead atoms. The van der Waals surface area contributed by atoms with Gasteiger partial charge in [0.25, 0.3) is 21.5 Å². The molecule has 4 rings (SSSR count).